The molecule has 1 N–H and O–H groups in total. The molecule has 0 radical (unpaired) electrons. The Morgan fingerprint density at radius 3 is 2.29 bits per heavy atom. The van der Waals surface area contributed by atoms with Gasteiger partial charge in [-0.05, 0) is 25.0 Å². The number of nitrogens with zero attached hydrogens (tertiary/aromatic N) is 1. The Morgan fingerprint density at radius 1 is 1.14 bits per heavy atom. The van der Waals surface area contributed by atoms with Crippen LogP contribution in [0.3, 0.4) is 0 Å². The van der Waals surface area contributed by atoms with E-state index in [4.69, 9.17) is 23.2 Å². The molecule has 1 heterocycles. The standard InChI is InChI=1S/C14H13Cl2FN2O2/c15-9-5-8(17)6-10(16)12(9)19-7-11(20)18-14(13(19)21)3-1-2-4-14/h5-6H,1-4,7H2,(H,18,20). The molecule has 2 fully saturated rings. The number of hydrogen-bond acceptors (Lipinski definition) is 2. The first kappa shape index (κ1) is 14.6. The van der Waals surface area contributed by atoms with Gasteiger partial charge in [0.1, 0.15) is 17.9 Å². The van der Waals surface area contributed by atoms with Gasteiger partial charge in [-0.3, -0.25) is 14.5 Å². The minimum atomic E-state index is -0.865. The molecule has 3 rings (SSSR count). The summed E-state index contributed by atoms with van der Waals surface area (Å²) in [6.45, 7) is -0.161. The maximum absolute atomic E-state index is 13.3. The van der Waals surface area contributed by atoms with Crippen LogP contribution >= 0.6 is 23.2 Å². The van der Waals surface area contributed by atoms with Crippen molar-refractivity contribution in [2.24, 2.45) is 0 Å². The minimum Gasteiger partial charge on any atom is -0.340 e. The third-order valence-electron chi connectivity index (χ3n) is 4.04. The number of anilines is 1. The highest BCUT2D eigenvalue weighted by atomic mass is 35.5. The fourth-order valence-corrected chi connectivity index (χ4v) is 3.79. The second-order valence-corrected chi connectivity index (χ2v) is 6.26. The number of rotatable bonds is 1. The number of hydrogen-bond donors (Lipinski definition) is 1. The largest absolute Gasteiger partial charge is 0.340 e. The zero-order chi connectivity index (χ0) is 15.2. The topological polar surface area (TPSA) is 49.4 Å². The molecule has 0 atom stereocenters. The molecule has 1 spiro atoms. The predicted octanol–water partition coefficient (Wildman–Crippen LogP) is 2.91. The van der Waals surface area contributed by atoms with Crippen LogP contribution in [0.15, 0.2) is 12.1 Å². The SMILES string of the molecule is O=C1CN(c2c(Cl)cc(F)cc2Cl)C(=O)C2(CCCC2)N1. The lowest BCUT2D eigenvalue weighted by atomic mass is 9.92. The van der Waals surface area contributed by atoms with Gasteiger partial charge >= 0.3 is 0 Å². The Kier molecular flexibility index (Phi) is 3.58. The zero-order valence-corrected chi connectivity index (χ0v) is 12.6. The Labute approximate surface area is 131 Å². The number of carbonyl (C=O) groups excluding carboxylic acids is 2. The summed E-state index contributed by atoms with van der Waals surface area (Å²) >= 11 is 12.1. The lowest BCUT2D eigenvalue weighted by Gasteiger charge is -2.40. The van der Waals surface area contributed by atoms with Crippen LogP contribution in [0.5, 0.6) is 0 Å². The summed E-state index contributed by atoms with van der Waals surface area (Å²) in [6.07, 6.45) is 2.96. The summed E-state index contributed by atoms with van der Waals surface area (Å²) in [5.74, 6) is -1.07. The Morgan fingerprint density at radius 2 is 1.71 bits per heavy atom. The lowest BCUT2D eigenvalue weighted by Crippen LogP contribution is -2.65. The van der Waals surface area contributed by atoms with Crippen molar-refractivity contribution in [2.75, 3.05) is 11.4 Å². The van der Waals surface area contributed by atoms with E-state index >= 15 is 0 Å². The molecule has 7 heteroatoms. The van der Waals surface area contributed by atoms with E-state index in [1.807, 2.05) is 0 Å². The maximum Gasteiger partial charge on any atom is 0.253 e. The average Bonchev–Trinajstić information content (AvgIpc) is 2.83. The van der Waals surface area contributed by atoms with Crippen LogP contribution in [-0.2, 0) is 9.59 Å². The Bertz CT molecular complexity index is 606. The molecular weight excluding hydrogens is 318 g/mol. The first-order valence-electron chi connectivity index (χ1n) is 6.70. The zero-order valence-electron chi connectivity index (χ0n) is 11.1. The molecule has 1 aromatic rings. The summed E-state index contributed by atoms with van der Waals surface area (Å²) in [7, 11) is 0. The molecule has 4 nitrogen and oxygen atoms in total. The smallest absolute Gasteiger partial charge is 0.253 e. The van der Waals surface area contributed by atoms with Gasteiger partial charge in [0, 0.05) is 0 Å². The highest BCUT2D eigenvalue weighted by Crippen LogP contribution is 2.40. The number of halogens is 3. The molecule has 0 bridgehead atoms. The van der Waals surface area contributed by atoms with Crippen molar-refractivity contribution in [3.8, 4) is 0 Å². The average molecular weight is 331 g/mol. The fourth-order valence-electron chi connectivity index (χ4n) is 3.12. The van der Waals surface area contributed by atoms with E-state index in [1.54, 1.807) is 0 Å². The summed E-state index contributed by atoms with van der Waals surface area (Å²) < 4.78 is 13.3. The molecule has 1 aromatic carbocycles. The molecule has 21 heavy (non-hydrogen) atoms. The summed E-state index contributed by atoms with van der Waals surface area (Å²) in [5, 5.41) is 2.85. The molecule has 1 saturated carbocycles. The number of amides is 2. The van der Waals surface area contributed by atoms with Crippen LogP contribution < -0.4 is 10.2 Å². The molecule has 1 saturated heterocycles. The van der Waals surface area contributed by atoms with E-state index in [2.05, 4.69) is 5.32 Å². The van der Waals surface area contributed by atoms with E-state index in [-0.39, 0.29) is 34.1 Å². The highest BCUT2D eigenvalue weighted by Gasteiger charge is 2.49. The van der Waals surface area contributed by atoms with Gasteiger partial charge < -0.3 is 5.32 Å². The molecule has 0 aromatic heterocycles. The molecule has 2 aliphatic rings. The van der Waals surface area contributed by atoms with Gasteiger partial charge in [-0.15, -0.1) is 0 Å². The maximum atomic E-state index is 13.3. The van der Waals surface area contributed by atoms with Crippen molar-refractivity contribution in [3.63, 3.8) is 0 Å². The van der Waals surface area contributed by atoms with Gasteiger partial charge in [-0.25, -0.2) is 4.39 Å². The summed E-state index contributed by atoms with van der Waals surface area (Å²) in [4.78, 5) is 26.0. The summed E-state index contributed by atoms with van der Waals surface area (Å²) in [6, 6.07) is 2.17. The molecule has 112 valence electrons. The van der Waals surface area contributed by atoms with E-state index in [0.29, 0.717) is 12.8 Å². The number of carbonyl (C=O) groups is 2. The normalized spacial score (nSPS) is 21.0. The van der Waals surface area contributed by atoms with Crippen LogP contribution in [0.1, 0.15) is 25.7 Å². The number of nitrogens with one attached hydrogen (secondary N) is 1. The third-order valence-corrected chi connectivity index (χ3v) is 4.62. The second kappa shape index (κ2) is 5.14. The van der Waals surface area contributed by atoms with Gasteiger partial charge in [0.2, 0.25) is 5.91 Å². The van der Waals surface area contributed by atoms with E-state index in [9.17, 15) is 14.0 Å². The first-order valence-corrected chi connectivity index (χ1v) is 7.46. The molecule has 2 amide bonds. The third kappa shape index (κ3) is 2.38. The van der Waals surface area contributed by atoms with Gasteiger partial charge in [-0.1, -0.05) is 36.0 Å². The monoisotopic (exact) mass is 330 g/mol. The molecule has 1 aliphatic carbocycles. The van der Waals surface area contributed by atoms with Crippen molar-refractivity contribution in [3.05, 3.63) is 28.0 Å². The van der Waals surface area contributed by atoms with E-state index < -0.39 is 11.4 Å². The number of piperazine rings is 1. The fraction of sp³-hybridized carbons (Fsp3) is 0.429. The van der Waals surface area contributed by atoms with Gasteiger partial charge in [0.05, 0.1) is 15.7 Å². The minimum absolute atomic E-state index is 0.0243. The van der Waals surface area contributed by atoms with Crippen LogP contribution in [0.4, 0.5) is 10.1 Å². The second-order valence-electron chi connectivity index (χ2n) is 5.45. The van der Waals surface area contributed by atoms with Crippen LogP contribution in [0.2, 0.25) is 10.0 Å². The highest BCUT2D eigenvalue weighted by molar-refractivity contribution is 6.40. The molecule has 1 aliphatic heterocycles. The van der Waals surface area contributed by atoms with Crippen molar-refractivity contribution >= 4 is 40.7 Å². The molecule has 0 unspecified atom stereocenters. The number of benzene rings is 1. The summed E-state index contributed by atoms with van der Waals surface area (Å²) in [5.41, 5.74) is -0.665. The van der Waals surface area contributed by atoms with Crippen molar-refractivity contribution < 1.29 is 14.0 Å². The lowest BCUT2D eigenvalue weighted by molar-refractivity contribution is -0.135. The van der Waals surface area contributed by atoms with Gasteiger partial charge in [0.25, 0.3) is 5.91 Å². The van der Waals surface area contributed by atoms with E-state index in [1.165, 1.54) is 4.90 Å². The van der Waals surface area contributed by atoms with E-state index in [0.717, 1.165) is 25.0 Å². The Balaban J connectivity index is 2.05. The quantitative estimate of drug-likeness (QED) is 0.860. The Hall–Kier alpha value is -1.33. The first-order chi connectivity index (χ1) is 9.93. The van der Waals surface area contributed by atoms with Crippen LogP contribution in [0, 0.1) is 5.82 Å². The predicted molar refractivity (Wildman–Crippen MR) is 78.1 cm³/mol. The van der Waals surface area contributed by atoms with Crippen molar-refractivity contribution in [1.82, 2.24) is 5.32 Å². The van der Waals surface area contributed by atoms with Crippen molar-refractivity contribution in [2.45, 2.75) is 31.2 Å². The van der Waals surface area contributed by atoms with Crippen LogP contribution in [-0.4, -0.2) is 23.9 Å². The van der Waals surface area contributed by atoms with Gasteiger partial charge in [0.15, 0.2) is 0 Å². The van der Waals surface area contributed by atoms with Crippen molar-refractivity contribution in [1.29, 1.82) is 0 Å². The van der Waals surface area contributed by atoms with Crippen LogP contribution in [0.25, 0.3) is 0 Å². The van der Waals surface area contributed by atoms with Gasteiger partial charge in [-0.2, -0.15) is 0 Å². The molecular formula is C14H13Cl2FN2O2.